The van der Waals surface area contributed by atoms with E-state index in [1.165, 1.54) is 16.5 Å². The maximum atomic E-state index is 12.6. The second-order valence-corrected chi connectivity index (χ2v) is 6.36. The molecule has 1 unspecified atom stereocenters. The lowest BCUT2D eigenvalue weighted by atomic mass is 9.98. The van der Waals surface area contributed by atoms with Gasteiger partial charge in [0, 0.05) is 48.8 Å². The van der Waals surface area contributed by atoms with E-state index in [-0.39, 0.29) is 5.91 Å². The molecule has 0 aliphatic carbocycles. The van der Waals surface area contributed by atoms with Crippen molar-refractivity contribution in [3.05, 3.63) is 53.5 Å². The molecule has 1 aromatic carbocycles. The Morgan fingerprint density at radius 2 is 2.17 bits per heavy atom. The zero-order valence-corrected chi connectivity index (χ0v) is 13.4. The Bertz CT molecular complexity index is 876. The van der Waals surface area contributed by atoms with E-state index in [1.807, 2.05) is 11.8 Å². The molecule has 5 heteroatoms. The summed E-state index contributed by atoms with van der Waals surface area (Å²) < 4.78 is 2.18. The predicted molar refractivity (Wildman–Crippen MR) is 89.5 cm³/mol. The largest absolute Gasteiger partial charge is 0.350 e. The molecular formula is C18H20N4O. The lowest BCUT2D eigenvalue weighted by Crippen LogP contribution is -2.28. The van der Waals surface area contributed by atoms with Crippen LogP contribution in [0.1, 0.15) is 34.0 Å². The third kappa shape index (κ3) is 2.23. The minimum absolute atomic E-state index is 0.0824. The van der Waals surface area contributed by atoms with E-state index >= 15 is 0 Å². The zero-order chi connectivity index (χ0) is 16.0. The van der Waals surface area contributed by atoms with Gasteiger partial charge in [0.05, 0.1) is 11.8 Å². The van der Waals surface area contributed by atoms with E-state index in [0.717, 1.165) is 25.2 Å². The highest BCUT2D eigenvalue weighted by molar-refractivity contribution is 5.95. The highest BCUT2D eigenvalue weighted by Crippen LogP contribution is 2.34. The molecule has 118 valence electrons. The lowest BCUT2D eigenvalue weighted by Gasteiger charge is -2.16. The topological polar surface area (TPSA) is 53.9 Å². The highest BCUT2D eigenvalue weighted by atomic mass is 16.2. The summed E-state index contributed by atoms with van der Waals surface area (Å²) in [5.74, 6) is 0.483. The molecule has 0 radical (unpaired) electrons. The quantitative estimate of drug-likeness (QED) is 0.791. The number of H-pyrrole nitrogens is 1. The Hall–Kier alpha value is -2.56. The van der Waals surface area contributed by atoms with Crippen molar-refractivity contribution in [2.75, 3.05) is 13.1 Å². The maximum Gasteiger partial charge on any atom is 0.257 e. The number of likely N-dealkylation sites (tertiary alicyclic amines) is 1. The summed E-state index contributed by atoms with van der Waals surface area (Å²) in [5, 5.41) is 8.10. The van der Waals surface area contributed by atoms with E-state index in [0.29, 0.717) is 11.5 Å². The zero-order valence-electron chi connectivity index (χ0n) is 13.4. The third-order valence-electron chi connectivity index (χ3n) is 4.90. The molecule has 0 spiro atoms. The summed E-state index contributed by atoms with van der Waals surface area (Å²) in [6.45, 7) is 3.47. The fourth-order valence-electron chi connectivity index (χ4n) is 3.63. The number of rotatable bonds is 2. The first-order valence-corrected chi connectivity index (χ1v) is 7.98. The van der Waals surface area contributed by atoms with E-state index in [9.17, 15) is 4.79 Å². The number of nitrogens with zero attached hydrogens (tertiary/aromatic N) is 3. The van der Waals surface area contributed by atoms with Crippen LogP contribution in [0.5, 0.6) is 0 Å². The number of benzene rings is 1. The second-order valence-electron chi connectivity index (χ2n) is 6.36. The van der Waals surface area contributed by atoms with Gasteiger partial charge >= 0.3 is 0 Å². The Labute approximate surface area is 134 Å². The summed E-state index contributed by atoms with van der Waals surface area (Å²) in [6, 6.07) is 8.47. The van der Waals surface area contributed by atoms with Gasteiger partial charge in [-0.25, -0.2) is 0 Å². The average Bonchev–Trinajstić information content (AvgIpc) is 3.26. The standard InChI is InChI=1S/C18H20N4O/c1-12-15(9-19-20-12)18(23)22-8-7-13(10-22)16-11-21(2)17-6-4-3-5-14(16)17/h3-6,9,11,13H,7-8,10H2,1-2H3,(H,19,20). The van der Waals surface area contributed by atoms with Gasteiger partial charge in [-0.3, -0.25) is 9.89 Å². The van der Waals surface area contributed by atoms with Crippen LogP contribution in [-0.4, -0.2) is 38.7 Å². The molecular weight excluding hydrogens is 288 g/mol. The van der Waals surface area contributed by atoms with Crippen molar-refractivity contribution in [3.8, 4) is 0 Å². The van der Waals surface area contributed by atoms with Gasteiger partial charge in [0.2, 0.25) is 0 Å². The van der Waals surface area contributed by atoms with Crippen molar-refractivity contribution in [2.45, 2.75) is 19.3 Å². The van der Waals surface area contributed by atoms with Crippen molar-refractivity contribution < 1.29 is 4.79 Å². The number of fused-ring (bicyclic) bond motifs is 1. The number of aryl methyl sites for hydroxylation is 2. The predicted octanol–water partition coefficient (Wildman–Crippen LogP) is 2.84. The van der Waals surface area contributed by atoms with Gasteiger partial charge in [-0.1, -0.05) is 18.2 Å². The molecule has 1 saturated heterocycles. The van der Waals surface area contributed by atoms with Crippen LogP contribution >= 0.6 is 0 Å². The molecule has 0 bridgehead atoms. The number of hydrogen-bond donors (Lipinski definition) is 1. The number of para-hydroxylation sites is 1. The molecule has 1 atom stereocenters. The van der Waals surface area contributed by atoms with Gasteiger partial charge in [0.25, 0.3) is 5.91 Å². The number of carbonyl (C=O) groups is 1. The molecule has 1 N–H and O–H groups in total. The van der Waals surface area contributed by atoms with Crippen LogP contribution in [0, 0.1) is 6.92 Å². The first kappa shape index (κ1) is 14.1. The highest BCUT2D eigenvalue weighted by Gasteiger charge is 2.30. The summed E-state index contributed by atoms with van der Waals surface area (Å²) in [5.41, 5.74) is 4.12. The average molecular weight is 308 g/mol. The first-order chi connectivity index (χ1) is 11.1. The van der Waals surface area contributed by atoms with Crippen molar-refractivity contribution in [3.63, 3.8) is 0 Å². The number of aromatic amines is 1. The number of amides is 1. The number of hydrogen-bond acceptors (Lipinski definition) is 2. The Balaban J connectivity index is 1.61. The number of aromatic nitrogens is 3. The monoisotopic (exact) mass is 308 g/mol. The minimum Gasteiger partial charge on any atom is -0.350 e. The molecule has 1 aliphatic rings. The van der Waals surface area contributed by atoms with Crippen LogP contribution in [0.2, 0.25) is 0 Å². The Morgan fingerprint density at radius 3 is 2.96 bits per heavy atom. The SMILES string of the molecule is Cc1[nH]ncc1C(=O)N1CCC(c2cn(C)c3ccccc23)C1. The van der Waals surface area contributed by atoms with E-state index in [4.69, 9.17) is 0 Å². The van der Waals surface area contributed by atoms with Crippen LogP contribution < -0.4 is 0 Å². The summed E-state index contributed by atoms with van der Waals surface area (Å²) in [4.78, 5) is 14.6. The van der Waals surface area contributed by atoms with Gasteiger partial charge < -0.3 is 9.47 Å². The fraction of sp³-hybridized carbons (Fsp3) is 0.333. The first-order valence-electron chi connectivity index (χ1n) is 7.98. The molecule has 3 heterocycles. The van der Waals surface area contributed by atoms with Crippen molar-refractivity contribution in [1.29, 1.82) is 0 Å². The van der Waals surface area contributed by atoms with E-state index in [1.54, 1.807) is 6.20 Å². The van der Waals surface area contributed by atoms with Crippen molar-refractivity contribution in [1.82, 2.24) is 19.7 Å². The lowest BCUT2D eigenvalue weighted by molar-refractivity contribution is 0.0790. The van der Waals surface area contributed by atoms with Crippen molar-refractivity contribution >= 4 is 16.8 Å². The van der Waals surface area contributed by atoms with Gasteiger partial charge in [-0.2, -0.15) is 5.10 Å². The molecule has 1 fully saturated rings. The summed E-state index contributed by atoms with van der Waals surface area (Å²) in [6.07, 6.45) is 4.85. The Kier molecular flexibility index (Phi) is 3.22. The Morgan fingerprint density at radius 1 is 1.35 bits per heavy atom. The van der Waals surface area contributed by atoms with Gasteiger partial charge in [-0.05, 0) is 25.0 Å². The second kappa shape index (κ2) is 5.26. The fourth-order valence-corrected chi connectivity index (χ4v) is 3.63. The van der Waals surface area contributed by atoms with Crippen LogP contribution in [0.15, 0.2) is 36.7 Å². The smallest absolute Gasteiger partial charge is 0.257 e. The molecule has 1 amide bonds. The normalized spacial score (nSPS) is 18.0. The van der Waals surface area contributed by atoms with E-state index < -0.39 is 0 Å². The maximum absolute atomic E-state index is 12.6. The molecule has 0 saturated carbocycles. The molecule has 23 heavy (non-hydrogen) atoms. The van der Waals surface area contributed by atoms with E-state index in [2.05, 4.69) is 52.3 Å². The van der Waals surface area contributed by atoms with Gasteiger partial charge in [0.1, 0.15) is 0 Å². The molecule has 4 rings (SSSR count). The molecule has 2 aromatic heterocycles. The van der Waals surface area contributed by atoms with Gasteiger partial charge in [0.15, 0.2) is 0 Å². The van der Waals surface area contributed by atoms with Crippen LogP contribution in [0.4, 0.5) is 0 Å². The number of nitrogens with one attached hydrogen (secondary N) is 1. The van der Waals surface area contributed by atoms with Crippen LogP contribution in [0.25, 0.3) is 10.9 Å². The summed E-state index contributed by atoms with van der Waals surface area (Å²) >= 11 is 0. The minimum atomic E-state index is 0.0824. The number of carbonyl (C=O) groups excluding carboxylic acids is 1. The summed E-state index contributed by atoms with van der Waals surface area (Å²) in [7, 11) is 2.08. The van der Waals surface area contributed by atoms with Crippen molar-refractivity contribution in [2.24, 2.45) is 7.05 Å². The van der Waals surface area contributed by atoms with Crippen LogP contribution in [0.3, 0.4) is 0 Å². The molecule has 5 nitrogen and oxygen atoms in total. The van der Waals surface area contributed by atoms with Gasteiger partial charge in [-0.15, -0.1) is 0 Å². The molecule has 3 aromatic rings. The third-order valence-corrected chi connectivity index (χ3v) is 4.90. The molecule has 1 aliphatic heterocycles. The van der Waals surface area contributed by atoms with Crippen LogP contribution in [-0.2, 0) is 7.05 Å².